The molecule has 7 heteroatoms. The minimum Gasteiger partial charge on any atom is -0.383 e. The maximum atomic E-state index is 13.0. The molecule has 1 amide bonds. The van der Waals surface area contributed by atoms with Gasteiger partial charge in [0.05, 0.1) is 18.8 Å². The van der Waals surface area contributed by atoms with Crippen LogP contribution in [0.3, 0.4) is 0 Å². The molecular formula is C20H30N4O3. The van der Waals surface area contributed by atoms with E-state index in [4.69, 9.17) is 9.47 Å². The summed E-state index contributed by atoms with van der Waals surface area (Å²) in [5, 5.41) is 0. The molecular weight excluding hydrogens is 344 g/mol. The predicted octanol–water partition coefficient (Wildman–Crippen LogP) is 1.43. The Morgan fingerprint density at radius 3 is 2.26 bits per heavy atom. The van der Waals surface area contributed by atoms with Gasteiger partial charge in [-0.1, -0.05) is 0 Å². The lowest BCUT2D eigenvalue weighted by molar-refractivity contribution is 0.0627. The van der Waals surface area contributed by atoms with Gasteiger partial charge in [-0.05, 0) is 31.3 Å². The van der Waals surface area contributed by atoms with E-state index in [0.717, 1.165) is 37.5 Å². The second-order valence-electron chi connectivity index (χ2n) is 6.97. The molecule has 2 aromatic rings. The van der Waals surface area contributed by atoms with Gasteiger partial charge in [0.15, 0.2) is 0 Å². The van der Waals surface area contributed by atoms with Crippen molar-refractivity contribution < 1.29 is 14.3 Å². The Morgan fingerprint density at radius 2 is 1.63 bits per heavy atom. The zero-order valence-electron chi connectivity index (χ0n) is 16.6. The number of likely N-dealkylation sites (N-methyl/N-ethyl adjacent to an activating group) is 1. The second kappa shape index (κ2) is 9.21. The van der Waals surface area contributed by atoms with Gasteiger partial charge in [-0.15, -0.1) is 0 Å². The molecule has 0 aliphatic carbocycles. The highest BCUT2D eigenvalue weighted by molar-refractivity contribution is 5.94. The molecule has 1 aliphatic heterocycles. The summed E-state index contributed by atoms with van der Waals surface area (Å²) in [6.45, 7) is 6.20. The van der Waals surface area contributed by atoms with E-state index < -0.39 is 0 Å². The van der Waals surface area contributed by atoms with Gasteiger partial charge in [-0.25, -0.2) is 0 Å². The molecule has 0 radical (unpaired) electrons. The van der Waals surface area contributed by atoms with E-state index in [1.165, 1.54) is 0 Å². The summed E-state index contributed by atoms with van der Waals surface area (Å²) < 4.78 is 12.4. The summed E-state index contributed by atoms with van der Waals surface area (Å²) in [6.07, 6.45) is 1.96. The highest BCUT2D eigenvalue weighted by Crippen LogP contribution is 2.22. The Balaban J connectivity index is 1.83. The molecule has 0 unspecified atom stereocenters. The van der Waals surface area contributed by atoms with Crippen molar-refractivity contribution in [2.24, 2.45) is 0 Å². The normalized spacial score (nSPS) is 15.4. The third-order valence-electron chi connectivity index (χ3n) is 5.12. The minimum atomic E-state index is 0.00373. The lowest BCUT2D eigenvalue weighted by atomic mass is 10.2. The van der Waals surface area contributed by atoms with Crippen molar-refractivity contribution in [1.82, 2.24) is 14.2 Å². The van der Waals surface area contributed by atoms with Crippen LogP contribution in [-0.2, 0) is 9.47 Å². The van der Waals surface area contributed by atoms with Gasteiger partial charge < -0.3 is 28.6 Å². The van der Waals surface area contributed by atoms with E-state index in [-0.39, 0.29) is 5.91 Å². The van der Waals surface area contributed by atoms with Crippen molar-refractivity contribution in [2.45, 2.75) is 0 Å². The first-order valence-corrected chi connectivity index (χ1v) is 9.46. The maximum Gasteiger partial charge on any atom is 0.255 e. The van der Waals surface area contributed by atoms with Crippen molar-refractivity contribution in [3.63, 3.8) is 0 Å². The molecule has 0 spiro atoms. The number of nitrogens with zero attached hydrogens (tertiary/aromatic N) is 4. The van der Waals surface area contributed by atoms with Gasteiger partial charge in [0.25, 0.3) is 5.91 Å². The molecule has 27 heavy (non-hydrogen) atoms. The first-order valence-electron chi connectivity index (χ1n) is 9.46. The van der Waals surface area contributed by atoms with E-state index in [1.54, 1.807) is 19.1 Å². The van der Waals surface area contributed by atoms with Crippen LogP contribution in [-0.4, -0.2) is 93.9 Å². The third-order valence-corrected chi connectivity index (χ3v) is 5.12. The summed E-state index contributed by atoms with van der Waals surface area (Å²) in [4.78, 5) is 19.5. The van der Waals surface area contributed by atoms with E-state index in [1.807, 2.05) is 18.3 Å². The van der Waals surface area contributed by atoms with Crippen LogP contribution in [0.1, 0.15) is 10.4 Å². The largest absolute Gasteiger partial charge is 0.383 e. The minimum absolute atomic E-state index is 0.00373. The number of pyridine rings is 1. The van der Waals surface area contributed by atoms with Gasteiger partial charge in [-0.3, -0.25) is 4.79 Å². The van der Waals surface area contributed by atoms with Gasteiger partial charge >= 0.3 is 0 Å². The number of hydrogen-bond donors (Lipinski definition) is 0. The number of fused-ring (bicyclic) bond motifs is 1. The zero-order valence-corrected chi connectivity index (χ0v) is 16.6. The molecule has 0 bridgehead atoms. The summed E-state index contributed by atoms with van der Waals surface area (Å²) in [5.41, 5.74) is 1.78. The maximum absolute atomic E-state index is 13.0. The van der Waals surface area contributed by atoms with Crippen LogP contribution in [0.15, 0.2) is 30.5 Å². The molecule has 3 rings (SSSR count). The fraction of sp³-hybridized carbons (Fsp3) is 0.550. The van der Waals surface area contributed by atoms with Crippen LogP contribution in [0.4, 0.5) is 5.82 Å². The molecule has 1 fully saturated rings. The van der Waals surface area contributed by atoms with Crippen LogP contribution in [0, 0.1) is 0 Å². The number of anilines is 1. The lowest BCUT2D eigenvalue weighted by Gasteiger charge is -2.33. The van der Waals surface area contributed by atoms with Gasteiger partial charge in [0.1, 0.15) is 5.82 Å². The van der Waals surface area contributed by atoms with Crippen LogP contribution in [0.5, 0.6) is 0 Å². The standard InChI is InChI=1S/C20H30N4O3/c1-21-8-10-22(11-9-21)19-7-6-18-5-4-17(16-24(18)19)20(25)23(12-14-26-2)13-15-27-3/h4-7,16H,8-15H2,1-3H3. The number of amides is 1. The van der Waals surface area contributed by atoms with Gasteiger partial charge in [-0.2, -0.15) is 0 Å². The number of ether oxygens (including phenoxy) is 2. The molecule has 7 nitrogen and oxygen atoms in total. The van der Waals surface area contributed by atoms with Crippen LogP contribution in [0.25, 0.3) is 5.52 Å². The molecule has 2 aromatic heterocycles. The monoisotopic (exact) mass is 374 g/mol. The molecule has 3 heterocycles. The predicted molar refractivity (Wildman–Crippen MR) is 107 cm³/mol. The quantitative estimate of drug-likeness (QED) is 0.700. The van der Waals surface area contributed by atoms with Crippen molar-refractivity contribution >= 4 is 17.2 Å². The first kappa shape index (κ1) is 19.7. The fourth-order valence-electron chi connectivity index (χ4n) is 3.41. The van der Waals surface area contributed by atoms with Crippen LogP contribution < -0.4 is 4.90 Å². The average Bonchev–Trinajstić information content (AvgIpc) is 3.11. The molecule has 0 atom stereocenters. The van der Waals surface area contributed by atoms with E-state index in [0.29, 0.717) is 31.9 Å². The van der Waals surface area contributed by atoms with Crippen molar-refractivity contribution in [3.05, 3.63) is 36.0 Å². The Morgan fingerprint density at radius 1 is 1.00 bits per heavy atom. The first-order chi connectivity index (χ1) is 13.1. The SMILES string of the molecule is COCCN(CCOC)C(=O)c1ccc2ccc(N3CCN(C)CC3)n2c1. The lowest BCUT2D eigenvalue weighted by Crippen LogP contribution is -2.44. The summed E-state index contributed by atoms with van der Waals surface area (Å²) >= 11 is 0. The van der Waals surface area contributed by atoms with Crippen molar-refractivity contribution in [3.8, 4) is 0 Å². The van der Waals surface area contributed by atoms with E-state index in [2.05, 4.69) is 33.4 Å². The highest BCUT2D eigenvalue weighted by Gasteiger charge is 2.19. The van der Waals surface area contributed by atoms with Gasteiger partial charge in [0, 0.05) is 65.2 Å². The summed E-state index contributed by atoms with van der Waals surface area (Å²) in [5.74, 6) is 1.15. The number of methoxy groups -OCH3 is 2. The molecule has 1 aliphatic rings. The van der Waals surface area contributed by atoms with Gasteiger partial charge in [0.2, 0.25) is 0 Å². The summed E-state index contributed by atoms with van der Waals surface area (Å²) in [6, 6.07) is 8.16. The molecule has 148 valence electrons. The average molecular weight is 374 g/mol. The molecule has 0 saturated carbocycles. The summed E-state index contributed by atoms with van der Waals surface area (Å²) in [7, 11) is 5.44. The number of hydrogen-bond acceptors (Lipinski definition) is 5. The Bertz CT molecular complexity index is 745. The Hall–Kier alpha value is -2.09. The van der Waals surface area contributed by atoms with Crippen molar-refractivity contribution in [1.29, 1.82) is 0 Å². The number of carbonyl (C=O) groups is 1. The van der Waals surface area contributed by atoms with Crippen LogP contribution in [0.2, 0.25) is 0 Å². The van der Waals surface area contributed by atoms with E-state index >= 15 is 0 Å². The third kappa shape index (κ3) is 4.61. The molecule has 0 aromatic carbocycles. The Labute approximate surface area is 161 Å². The smallest absolute Gasteiger partial charge is 0.255 e. The molecule has 1 saturated heterocycles. The second-order valence-corrected chi connectivity index (χ2v) is 6.97. The topological polar surface area (TPSA) is 49.7 Å². The number of rotatable bonds is 8. The fourth-order valence-corrected chi connectivity index (χ4v) is 3.41. The highest BCUT2D eigenvalue weighted by atomic mass is 16.5. The zero-order chi connectivity index (χ0) is 19.2. The molecule has 0 N–H and O–H groups in total. The number of aromatic nitrogens is 1. The number of piperazine rings is 1. The number of carbonyl (C=O) groups excluding carboxylic acids is 1. The van der Waals surface area contributed by atoms with E-state index in [9.17, 15) is 4.79 Å². The van der Waals surface area contributed by atoms with Crippen LogP contribution >= 0.6 is 0 Å². The van der Waals surface area contributed by atoms with Crippen molar-refractivity contribution in [2.75, 3.05) is 78.6 Å². The Kier molecular flexibility index (Phi) is 6.71.